The van der Waals surface area contributed by atoms with Crippen LogP contribution in [0.3, 0.4) is 0 Å². The summed E-state index contributed by atoms with van der Waals surface area (Å²) in [6.07, 6.45) is 0. The number of rotatable bonds is 5. The van der Waals surface area contributed by atoms with Crippen LogP contribution in [0, 0.1) is 0 Å². The molecule has 0 unspecified atom stereocenters. The van der Waals surface area contributed by atoms with Gasteiger partial charge in [0.1, 0.15) is 18.1 Å². The van der Waals surface area contributed by atoms with Gasteiger partial charge < -0.3 is 14.2 Å². The van der Waals surface area contributed by atoms with E-state index in [1.54, 1.807) is 38.4 Å². The van der Waals surface area contributed by atoms with E-state index < -0.39 is 0 Å². The van der Waals surface area contributed by atoms with Crippen molar-refractivity contribution in [2.45, 2.75) is 6.61 Å². The Morgan fingerprint density at radius 2 is 1.79 bits per heavy atom. The Morgan fingerprint density at radius 3 is 2.46 bits per heavy atom. The van der Waals surface area contributed by atoms with Gasteiger partial charge in [0.05, 0.1) is 0 Å². The molecule has 0 aliphatic rings. The molecule has 5 heteroatoms. The summed E-state index contributed by atoms with van der Waals surface area (Å²) in [7, 11) is 3.45. The highest BCUT2D eigenvalue weighted by molar-refractivity contribution is 5.93. The Bertz CT molecular complexity index is 808. The molecule has 122 valence electrons. The Hall–Kier alpha value is -3.08. The lowest BCUT2D eigenvalue weighted by molar-refractivity contribution is 0.0827. The standard InChI is InChI=1S/C19H18N2O3/c1-21(2)19(22)15-8-10-17(11-9-15)23-13-16-12-18(24-20-16)14-6-4-3-5-7-14/h3-12H,13H2,1-2H3. The van der Waals surface area contributed by atoms with Gasteiger partial charge in [-0.3, -0.25) is 4.79 Å². The number of carbonyl (C=O) groups is 1. The average molecular weight is 322 g/mol. The van der Waals surface area contributed by atoms with Gasteiger partial charge in [-0.2, -0.15) is 0 Å². The van der Waals surface area contributed by atoms with E-state index in [1.165, 1.54) is 4.90 Å². The SMILES string of the molecule is CN(C)C(=O)c1ccc(OCc2cc(-c3ccccc3)on2)cc1. The second kappa shape index (κ2) is 7.00. The van der Waals surface area contributed by atoms with Gasteiger partial charge >= 0.3 is 0 Å². The molecule has 0 atom stereocenters. The van der Waals surface area contributed by atoms with Crippen LogP contribution in [0.5, 0.6) is 5.75 Å². The van der Waals surface area contributed by atoms with Crippen LogP contribution in [0.4, 0.5) is 0 Å². The quantitative estimate of drug-likeness (QED) is 0.720. The lowest BCUT2D eigenvalue weighted by atomic mass is 10.2. The zero-order valence-corrected chi connectivity index (χ0v) is 13.6. The molecule has 0 radical (unpaired) electrons. The van der Waals surface area contributed by atoms with E-state index in [4.69, 9.17) is 9.26 Å². The molecule has 0 saturated heterocycles. The van der Waals surface area contributed by atoms with Crippen molar-refractivity contribution in [2.75, 3.05) is 14.1 Å². The van der Waals surface area contributed by atoms with Gasteiger partial charge in [0.25, 0.3) is 5.91 Å². The summed E-state index contributed by atoms with van der Waals surface area (Å²) < 4.78 is 11.0. The molecule has 0 saturated carbocycles. The number of benzene rings is 2. The van der Waals surface area contributed by atoms with Crippen molar-refractivity contribution in [2.24, 2.45) is 0 Å². The summed E-state index contributed by atoms with van der Waals surface area (Å²) in [5.41, 5.74) is 2.31. The number of hydrogen-bond acceptors (Lipinski definition) is 4. The average Bonchev–Trinajstić information content (AvgIpc) is 3.09. The largest absolute Gasteiger partial charge is 0.487 e. The molecule has 0 aliphatic heterocycles. The van der Waals surface area contributed by atoms with Gasteiger partial charge in [0.2, 0.25) is 0 Å². The van der Waals surface area contributed by atoms with Crippen molar-refractivity contribution in [1.29, 1.82) is 0 Å². The fraction of sp³-hybridized carbons (Fsp3) is 0.158. The van der Waals surface area contributed by atoms with Crippen LogP contribution in [-0.4, -0.2) is 30.1 Å². The highest BCUT2D eigenvalue weighted by Gasteiger charge is 2.09. The summed E-state index contributed by atoms with van der Waals surface area (Å²) in [6, 6.07) is 18.7. The maximum atomic E-state index is 11.8. The predicted molar refractivity (Wildman–Crippen MR) is 90.7 cm³/mol. The van der Waals surface area contributed by atoms with Crippen molar-refractivity contribution in [3.8, 4) is 17.1 Å². The fourth-order valence-electron chi connectivity index (χ4n) is 2.23. The lowest BCUT2D eigenvalue weighted by Crippen LogP contribution is -2.21. The molecule has 1 aromatic heterocycles. The number of aromatic nitrogens is 1. The Kier molecular flexibility index (Phi) is 4.61. The van der Waals surface area contributed by atoms with E-state index in [-0.39, 0.29) is 5.91 Å². The van der Waals surface area contributed by atoms with E-state index >= 15 is 0 Å². The van der Waals surface area contributed by atoms with Crippen LogP contribution in [0.1, 0.15) is 16.1 Å². The summed E-state index contributed by atoms with van der Waals surface area (Å²) in [5, 5.41) is 4.02. The zero-order valence-electron chi connectivity index (χ0n) is 13.6. The number of amides is 1. The van der Waals surface area contributed by atoms with Crippen LogP contribution >= 0.6 is 0 Å². The Labute approximate surface area is 140 Å². The monoisotopic (exact) mass is 322 g/mol. The van der Waals surface area contributed by atoms with Crippen molar-refractivity contribution >= 4 is 5.91 Å². The van der Waals surface area contributed by atoms with Crippen LogP contribution in [0.15, 0.2) is 65.2 Å². The molecule has 3 rings (SSSR count). The fourth-order valence-corrected chi connectivity index (χ4v) is 2.23. The molecule has 1 amide bonds. The van der Waals surface area contributed by atoms with Gasteiger partial charge in [-0.25, -0.2) is 0 Å². The summed E-state index contributed by atoms with van der Waals surface area (Å²) in [5.74, 6) is 1.35. The minimum Gasteiger partial charge on any atom is -0.487 e. The van der Waals surface area contributed by atoms with Crippen LogP contribution in [0.2, 0.25) is 0 Å². The Balaban J connectivity index is 1.62. The zero-order chi connectivity index (χ0) is 16.9. The van der Waals surface area contributed by atoms with E-state index in [2.05, 4.69) is 5.16 Å². The first-order chi connectivity index (χ1) is 11.6. The molecule has 5 nitrogen and oxygen atoms in total. The number of carbonyl (C=O) groups excluding carboxylic acids is 1. The second-order valence-corrected chi connectivity index (χ2v) is 5.56. The maximum absolute atomic E-state index is 11.8. The third-order valence-electron chi connectivity index (χ3n) is 3.51. The highest BCUT2D eigenvalue weighted by Crippen LogP contribution is 2.21. The number of nitrogens with zero attached hydrogens (tertiary/aromatic N) is 2. The van der Waals surface area contributed by atoms with Crippen molar-refractivity contribution in [3.63, 3.8) is 0 Å². The number of hydrogen-bond donors (Lipinski definition) is 0. The molecular weight excluding hydrogens is 304 g/mol. The van der Waals surface area contributed by atoms with E-state index in [1.807, 2.05) is 36.4 Å². The third kappa shape index (κ3) is 3.63. The van der Waals surface area contributed by atoms with E-state index in [9.17, 15) is 4.79 Å². The second-order valence-electron chi connectivity index (χ2n) is 5.56. The van der Waals surface area contributed by atoms with Gasteiger partial charge in [-0.1, -0.05) is 35.5 Å². The highest BCUT2D eigenvalue weighted by atomic mass is 16.5. The first-order valence-corrected chi connectivity index (χ1v) is 7.59. The van der Waals surface area contributed by atoms with Crippen LogP contribution < -0.4 is 4.74 Å². The molecule has 24 heavy (non-hydrogen) atoms. The maximum Gasteiger partial charge on any atom is 0.253 e. The molecule has 0 bridgehead atoms. The summed E-state index contributed by atoms with van der Waals surface area (Å²) >= 11 is 0. The molecular formula is C19H18N2O3. The first-order valence-electron chi connectivity index (χ1n) is 7.59. The van der Waals surface area contributed by atoms with Crippen LogP contribution in [0.25, 0.3) is 11.3 Å². The third-order valence-corrected chi connectivity index (χ3v) is 3.51. The smallest absolute Gasteiger partial charge is 0.253 e. The predicted octanol–water partition coefficient (Wildman–Crippen LogP) is 3.62. The molecule has 0 aliphatic carbocycles. The van der Waals surface area contributed by atoms with E-state index in [0.29, 0.717) is 29.4 Å². The molecule has 0 fully saturated rings. The Morgan fingerprint density at radius 1 is 1.08 bits per heavy atom. The normalized spacial score (nSPS) is 10.4. The summed E-state index contributed by atoms with van der Waals surface area (Å²) in [4.78, 5) is 13.4. The minimum absolute atomic E-state index is 0.0365. The molecule has 1 heterocycles. The topological polar surface area (TPSA) is 55.6 Å². The van der Waals surface area contributed by atoms with Crippen LogP contribution in [-0.2, 0) is 6.61 Å². The molecule has 2 aromatic carbocycles. The molecule has 0 N–H and O–H groups in total. The van der Waals surface area contributed by atoms with Crippen molar-refractivity contribution in [1.82, 2.24) is 10.1 Å². The van der Waals surface area contributed by atoms with E-state index in [0.717, 1.165) is 5.56 Å². The van der Waals surface area contributed by atoms with Gasteiger partial charge in [0, 0.05) is 31.3 Å². The number of ether oxygens (including phenoxy) is 1. The van der Waals surface area contributed by atoms with Gasteiger partial charge in [0.15, 0.2) is 5.76 Å². The van der Waals surface area contributed by atoms with Crippen molar-refractivity contribution in [3.05, 3.63) is 71.9 Å². The minimum atomic E-state index is -0.0365. The summed E-state index contributed by atoms with van der Waals surface area (Å²) in [6.45, 7) is 0.303. The lowest BCUT2D eigenvalue weighted by Gasteiger charge is -2.10. The van der Waals surface area contributed by atoms with Gasteiger partial charge in [-0.15, -0.1) is 0 Å². The first kappa shape index (κ1) is 15.8. The molecule has 0 spiro atoms. The van der Waals surface area contributed by atoms with Crippen molar-refractivity contribution < 1.29 is 14.1 Å². The molecule has 3 aromatic rings. The van der Waals surface area contributed by atoms with Gasteiger partial charge in [-0.05, 0) is 24.3 Å².